The van der Waals surface area contributed by atoms with Gasteiger partial charge in [-0.25, -0.2) is 4.98 Å². The molecular weight excluding hydrogens is 354 g/mol. The van der Waals surface area contributed by atoms with Crippen LogP contribution in [0.4, 0.5) is 17.5 Å². The average Bonchev–Trinajstić information content (AvgIpc) is 3.24. The normalized spacial score (nSPS) is 20.5. The highest BCUT2D eigenvalue weighted by molar-refractivity contribution is 6.04. The van der Waals surface area contributed by atoms with Gasteiger partial charge in [-0.15, -0.1) is 0 Å². The molecule has 0 saturated heterocycles. The standard InChI is InChI=1S/C21H29N5O2/c1-6-15(18(8-3)28-5)23-21-22-13-17-19(24-21)26(14-11-9-10-12-14)16(7-2)20(27)25(17)4/h6,8,13-14,16H,1,3,7,9-12H2,2,4-5H3,(H,22,23,24)/b18-15-. The predicted octanol–water partition coefficient (Wildman–Crippen LogP) is 3.62. The van der Waals surface area contributed by atoms with E-state index in [9.17, 15) is 4.79 Å². The van der Waals surface area contributed by atoms with Crippen molar-refractivity contribution in [2.24, 2.45) is 0 Å². The van der Waals surface area contributed by atoms with Crippen LogP contribution in [0.15, 0.2) is 43.0 Å². The zero-order valence-electron chi connectivity index (χ0n) is 16.9. The van der Waals surface area contributed by atoms with Gasteiger partial charge in [0, 0.05) is 13.1 Å². The Morgan fingerprint density at radius 1 is 1.36 bits per heavy atom. The number of methoxy groups -OCH3 is 1. The Labute approximate surface area is 166 Å². The molecule has 0 bridgehead atoms. The number of carbonyl (C=O) groups excluding carboxylic acids is 1. The molecule has 1 saturated carbocycles. The molecule has 3 rings (SSSR count). The van der Waals surface area contributed by atoms with Crippen molar-refractivity contribution >= 4 is 23.4 Å². The molecule has 1 aromatic rings. The molecule has 1 unspecified atom stereocenters. The molecule has 1 aliphatic heterocycles. The third kappa shape index (κ3) is 3.48. The van der Waals surface area contributed by atoms with Gasteiger partial charge in [0.05, 0.1) is 19.0 Å². The largest absolute Gasteiger partial charge is 0.495 e. The fraction of sp³-hybridized carbons (Fsp3) is 0.476. The third-order valence-corrected chi connectivity index (χ3v) is 5.53. The Morgan fingerprint density at radius 3 is 2.64 bits per heavy atom. The number of likely N-dealkylation sites (N-methyl/N-ethyl adjacent to an activating group) is 1. The van der Waals surface area contributed by atoms with Crippen molar-refractivity contribution in [3.8, 4) is 0 Å². The highest BCUT2D eigenvalue weighted by Gasteiger charge is 2.41. The van der Waals surface area contributed by atoms with Gasteiger partial charge in [-0.2, -0.15) is 4.98 Å². The molecule has 1 fully saturated rings. The number of allylic oxidation sites excluding steroid dienone is 2. The molecule has 1 aliphatic carbocycles. The summed E-state index contributed by atoms with van der Waals surface area (Å²) >= 11 is 0. The van der Waals surface area contributed by atoms with E-state index in [1.54, 1.807) is 37.4 Å². The first-order chi connectivity index (χ1) is 13.5. The molecule has 0 aromatic carbocycles. The average molecular weight is 383 g/mol. The van der Waals surface area contributed by atoms with Gasteiger partial charge < -0.3 is 19.9 Å². The van der Waals surface area contributed by atoms with Crippen LogP contribution in [0, 0.1) is 0 Å². The molecule has 1 N–H and O–H groups in total. The Morgan fingerprint density at radius 2 is 2.07 bits per heavy atom. The van der Waals surface area contributed by atoms with Crippen LogP contribution in [0.3, 0.4) is 0 Å². The van der Waals surface area contributed by atoms with Crippen LogP contribution in [0.1, 0.15) is 39.0 Å². The molecule has 7 nitrogen and oxygen atoms in total. The summed E-state index contributed by atoms with van der Waals surface area (Å²) in [6.45, 7) is 9.62. The lowest BCUT2D eigenvalue weighted by Gasteiger charge is -2.43. The third-order valence-electron chi connectivity index (χ3n) is 5.53. The minimum absolute atomic E-state index is 0.103. The lowest BCUT2D eigenvalue weighted by atomic mass is 10.0. The highest BCUT2D eigenvalue weighted by Crippen LogP contribution is 2.39. The summed E-state index contributed by atoms with van der Waals surface area (Å²) in [6, 6.07) is 0.140. The van der Waals surface area contributed by atoms with Gasteiger partial charge in [0.1, 0.15) is 17.5 Å². The summed E-state index contributed by atoms with van der Waals surface area (Å²) < 4.78 is 5.31. The van der Waals surface area contributed by atoms with Crippen LogP contribution in [0.25, 0.3) is 0 Å². The van der Waals surface area contributed by atoms with Crippen molar-refractivity contribution < 1.29 is 9.53 Å². The number of nitrogens with zero attached hydrogens (tertiary/aromatic N) is 4. The molecule has 7 heteroatoms. The van der Waals surface area contributed by atoms with Crippen LogP contribution in [0.2, 0.25) is 0 Å². The van der Waals surface area contributed by atoms with Crippen LogP contribution < -0.4 is 15.1 Å². The van der Waals surface area contributed by atoms with E-state index in [0.29, 0.717) is 23.4 Å². The van der Waals surface area contributed by atoms with E-state index in [0.717, 1.165) is 30.8 Å². The van der Waals surface area contributed by atoms with Gasteiger partial charge in [0.25, 0.3) is 0 Å². The highest BCUT2D eigenvalue weighted by atomic mass is 16.5. The first-order valence-corrected chi connectivity index (χ1v) is 9.78. The maximum atomic E-state index is 12.9. The van der Waals surface area contributed by atoms with Crippen molar-refractivity contribution in [3.05, 3.63) is 43.0 Å². The predicted molar refractivity (Wildman–Crippen MR) is 112 cm³/mol. The van der Waals surface area contributed by atoms with E-state index >= 15 is 0 Å². The summed E-state index contributed by atoms with van der Waals surface area (Å²) in [6.07, 6.45) is 10.2. The topological polar surface area (TPSA) is 70.6 Å². The number of anilines is 3. The van der Waals surface area contributed by atoms with Crippen molar-refractivity contribution in [2.45, 2.75) is 51.1 Å². The molecule has 1 amide bonds. The first-order valence-electron chi connectivity index (χ1n) is 9.78. The zero-order chi connectivity index (χ0) is 20.3. The van der Waals surface area contributed by atoms with Gasteiger partial charge in [0.2, 0.25) is 11.9 Å². The SMILES string of the molecule is C=C/C(Nc1ncc2c(n1)N(C1CCCC1)C(CC)C(=O)N2C)=C(\C=C)OC. The quantitative estimate of drug-likeness (QED) is 0.573. The van der Waals surface area contributed by atoms with Crippen molar-refractivity contribution in [2.75, 3.05) is 29.3 Å². The Hall–Kier alpha value is -2.83. The molecule has 2 aliphatic rings. The van der Waals surface area contributed by atoms with Crippen molar-refractivity contribution in [1.29, 1.82) is 0 Å². The smallest absolute Gasteiger partial charge is 0.249 e. The van der Waals surface area contributed by atoms with Crippen LogP contribution in [0.5, 0.6) is 0 Å². The number of nitrogens with one attached hydrogen (secondary N) is 1. The zero-order valence-corrected chi connectivity index (χ0v) is 16.9. The summed E-state index contributed by atoms with van der Waals surface area (Å²) in [7, 11) is 3.37. The van der Waals surface area contributed by atoms with E-state index in [1.165, 1.54) is 12.8 Å². The van der Waals surface area contributed by atoms with Gasteiger partial charge in [-0.1, -0.05) is 32.9 Å². The Balaban J connectivity index is 2.05. The van der Waals surface area contributed by atoms with Gasteiger partial charge in [-0.05, 0) is 31.4 Å². The minimum Gasteiger partial charge on any atom is -0.495 e. The maximum absolute atomic E-state index is 12.9. The molecule has 28 heavy (non-hydrogen) atoms. The number of hydrogen-bond donors (Lipinski definition) is 1. The molecule has 2 heterocycles. The van der Waals surface area contributed by atoms with Crippen molar-refractivity contribution in [3.63, 3.8) is 0 Å². The lowest BCUT2D eigenvalue weighted by molar-refractivity contribution is -0.120. The number of amides is 1. The molecule has 1 atom stereocenters. The summed E-state index contributed by atoms with van der Waals surface area (Å²) in [4.78, 5) is 26.0. The minimum atomic E-state index is -0.194. The summed E-state index contributed by atoms with van der Waals surface area (Å²) in [5.41, 5.74) is 1.38. The molecule has 1 aromatic heterocycles. The van der Waals surface area contributed by atoms with Crippen LogP contribution >= 0.6 is 0 Å². The second-order valence-corrected chi connectivity index (χ2v) is 7.08. The number of hydrogen-bond acceptors (Lipinski definition) is 6. The molecular formula is C21H29N5O2. The number of carbonyl (C=O) groups is 1. The van der Waals surface area contributed by atoms with Crippen LogP contribution in [-0.4, -0.2) is 42.1 Å². The molecule has 0 radical (unpaired) electrons. The van der Waals surface area contributed by atoms with Gasteiger partial charge in [-0.3, -0.25) is 4.79 Å². The number of ether oxygens (including phenoxy) is 1. The van der Waals surface area contributed by atoms with E-state index in [2.05, 4.69) is 35.3 Å². The second kappa shape index (κ2) is 8.46. The van der Waals surface area contributed by atoms with E-state index in [1.807, 2.05) is 0 Å². The Bertz CT molecular complexity index is 798. The fourth-order valence-corrected chi connectivity index (χ4v) is 4.08. The monoisotopic (exact) mass is 383 g/mol. The summed E-state index contributed by atoms with van der Waals surface area (Å²) in [5, 5.41) is 3.16. The molecule has 150 valence electrons. The summed E-state index contributed by atoms with van der Waals surface area (Å²) in [5.74, 6) is 1.90. The van der Waals surface area contributed by atoms with E-state index in [-0.39, 0.29) is 11.9 Å². The van der Waals surface area contributed by atoms with Crippen LogP contribution in [-0.2, 0) is 9.53 Å². The Kier molecular flexibility index (Phi) is 6.02. The maximum Gasteiger partial charge on any atom is 0.249 e. The van der Waals surface area contributed by atoms with E-state index in [4.69, 9.17) is 9.72 Å². The number of aromatic nitrogens is 2. The van der Waals surface area contributed by atoms with Gasteiger partial charge >= 0.3 is 0 Å². The lowest BCUT2D eigenvalue weighted by Crippen LogP contribution is -2.55. The second-order valence-electron chi connectivity index (χ2n) is 7.08. The molecule has 0 spiro atoms. The number of rotatable bonds is 7. The first kappa shape index (κ1) is 19.9. The van der Waals surface area contributed by atoms with E-state index < -0.39 is 0 Å². The van der Waals surface area contributed by atoms with Gasteiger partial charge in [0.15, 0.2) is 5.82 Å². The van der Waals surface area contributed by atoms with Crippen molar-refractivity contribution in [1.82, 2.24) is 9.97 Å². The fourth-order valence-electron chi connectivity index (χ4n) is 4.08. The number of fused-ring (bicyclic) bond motifs is 1.